The van der Waals surface area contributed by atoms with E-state index in [0.717, 1.165) is 0 Å². The third kappa shape index (κ3) is 2.36. The predicted molar refractivity (Wildman–Crippen MR) is 60.1 cm³/mol. The van der Waals surface area contributed by atoms with Gasteiger partial charge in [-0.3, -0.25) is 0 Å². The Bertz CT molecular complexity index is 517. The van der Waals surface area contributed by atoms with Gasteiger partial charge in [-0.15, -0.1) is 0 Å². The Hall–Kier alpha value is -2.10. The van der Waals surface area contributed by atoms with Gasteiger partial charge in [-0.05, 0) is 37.3 Å². The number of rotatable bonds is 3. The summed E-state index contributed by atoms with van der Waals surface area (Å²) in [4.78, 5) is 11.5. The number of ether oxygens (including phenoxy) is 1. The highest BCUT2D eigenvalue weighted by atomic mass is 19.1. The van der Waals surface area contributed by atoms with E-state index in [2.05, 4.69) is 0 Å². The van der Waals surface area contributed by atoms with Gasteiger partial charge >= 0.3 is 5.97 Å². The molecule has 0 bridgehead atoms. The maximum atomic E-state index is 13.5. The van der Waals surface area contributed by atoms with Crippen LogP contribution in [-0.2, 0) is 4.74 Å². The summed E-state index contributed by atoms with van der Waals surface area (Å²) in [6.07, 6.45) is 1.52. The van der Waals surface area contributed by atoms with Crippen LogP contribution >= 0.6 is 0 Å². The first-order valence-corrected chi connectivity index (χ1v) is 5.23. The first-order chi connectivity index (χ1) is 8.22. The van der Waals surface area contributed by atoms with Crippen LogP contribution in [0.3, 0.4) is 0 Å². The first-order valence-electron chi connectivity index (χ1n) is 5.23. The summed E-state index contributed by atoms with van der Waals surface area (Å²) < 4.78 is 23.4. The molecule has 1 aromatic heterocycles. The van der Waals surface area contributed by atoms with Gasteiger partial charge in [0.1, 0.15) is 11.6 Å². The molecule has 3 nitrogen and oxygen atoms in total. The third-order valence-corrected chi connectivity index (χ3v) is 2.27. The van der Waals surface area contributed by atoms with E-state index in [0.29, 0.717) is 11.3 Å². The van der Waals surface area contributed by atoms with Crippen molar-refractivity contribution in [1.29, 1.82) is 0 Å². The Balaban J connectivity index is 2.39. The zero-order valence-electron chi connectivity index (χ0n) is 9.27. The molecule has 0 radical (unpaired) electrons. The molecular formula is C13H11FO3. The Morgan fingerprint density at radius 3 is 2.88 bits per heavy atom. The normalized spacial score (nSPS) is 10.2. The highest BCUT2D eigenvalue weighted by Crippen LogP contribution is 2.22. The van der Waals surface area contributed by atoms with Crippen LogP contribution in [0.2, 0.25) is 0 Å². The van der Waals surface area contributed by atoms with E-state index in [-0.39, 0.29) is 12.2 Å². The molecule has 0 atom stereocenters. The average molecular weight is 234 g/mol. The van der Waals surface area contributed by atoms with Crippen molar-refractivity contribution in [3.8, 4) is 11.3 Å². The number of benzene rings is 1. The SMILES string of the molecule is CCOC(=O)c1cc(-c2ccco2)ccc1F. The lowest BCUT2D eigenvalue weighted by molar-refractivity contribution is 0.0521. The second kappa shape index (κ2) is 4.82. The van der Waals surface area contributed by atoms with E-state index < -0.39 is 11.8 Å². The molecule has 0 saturated carbocycles. The second-order valence-electron chi connectivity index (χ2n) is 3.39. The summed E-state index contributed by atoms with van der Waals surface area (Å²) in [6.45, 7) is 1.88. The van der Waals surface area contributed by atoms with Gasteiger partial charge < -0.3 is 9.15 Å². The number of hydrogen-bond donors (Lipinski definition) is 0. The van der Waals surface area contributed by atoms with Crippen molar-refractivity contribution in [3.63, 3.8) is 0 Å². The monoisotopic (exact) mass is 234 g/mol. The molecule has 0 unspecified atom stereocenters. The molecule has 0 saturated heterocycles. The van der Waals surface area contributed by atoms with Crippen molar-refractivity contribution in [2.45, 2.75) is 6.92 Å². The molecule has 4 heteroatoms. The van der Waals surface area contributed by atoms with Crippen LogP contribution in [0.5, 0.6) is 0 Å². The second-order valence-corrected chi connectivity index (χ2v) is 3.39. The lowest BCUT2D eigenvalue weighted by Crippen LogP contribution is -2.07. The molecule has 88 valence electrons. The third-order valence-electron chi connectivity index (χ3n) is 2.27. The molecule has 2 aromatic rings. The molecule has 0 aliphatic heterocycles. The molecule has 1 heterocycles. The van der Waals surface area contributed by atoms with Crippen LogP contribution in [0.1, 0.15) is 17.3 Å². The Kier molecular flexibility index (Phi) is 3.23. The maximum Gasteiger partial charge on any atom is 0.341 e. The summed E-state index contributed by atoms with van der Waals surface area (Å²) >= 11 is 0. The Labute approximate surface area is 97.8 Å². The Morgan fingerprint density at radius 1 is 1.41 bits per heavy atom. The number of esters is 1. The van der Waals surface area contributed by atoms with E-state index in [9.17, 15) is 9.18 Å². The number of hydrogen-bond acceptors (Lipinski definition) is 3. The van der Waals surface area contributed by atoms with Gasteiger partial charge in [-0.2, -0.15) is 0 Å². The number of carbonyl (C=O) groups excluding carboxylic acids is 1. The van der Waals surface area contributed by atoms with E-state index in [1.165, 1.54) is 18.4 Å². The highest BCUT2D eigenvalue weighted by Gasteiger charge is 2.14. The lowest BCUT2D eigenvalue weighted by atomic mass is 10.1. The van der Waals surface area contributed by atoms with Crippen LogP contribution in [0.25, 0.3) is 11.3 Å². The molecule has 0 amide bonds. The molecule has 2 rings (SSSR count). The van der Waals surface area contributed by atoms with Gasteiger partial charge in [0.05, 0.1) is 18.4 Å². The van der Waals surface area contributed by atoms with E-state index in [4.69, 9.17) is 9.15 Å². The van der Waals surface area contributed by atoms with Crippen molar-refractivity contribution >= 4 is 5.97 Å². The minimum absolute atomic E-state index is 0.0826. The fourth-order valence-corrected chi connectivity index (χ4v) is 1.49. The summed E-state index contributed by atoms with van der Waals surface area (Å²) in [7, 11) is 0. The predicted octanol–water partition coefficient (Wildman–Crippen LogP) is 3.26. The van der Waals surface area contributed by atoms with Gasteiger partial charge in [0.15, 0.2) is 0 Å². The summed E-state index contributed by atoms with van der Waals surface area (Å²) in [6, 6.07) is 7.66. The van der Waals surface area contributed by atoms with Gasteiger partial charge in [-0.1, -0.05) is 0 Å². The van der Waals surface area contributed by atoms with Crippen LogP contribution in [0.4, 0.5) is 4.39 Å². The zero-order chi connectivity index (χ0) is 12.3. The van der Waals surface area contributed by atoms with E-state index >= 15 is 0 Å². The number of furan rings is 1. The number of carbonyl (C=O) groups is 1. The molecule has 17 heavy (non-hydrogen) atoms. The van der Waals surface area contributed by atoms with Crippen molar-refractivity contribution in [3.05, 3.63) is 48.0 Å². The van der Waals surface area contributed by atoms with Gasteiger partial charge in [0, 0.05) is 5.56 Å². The first kappa shape index (κ1) is 11.4. The topological polar surface area (TPSA) is 39.4 Å². The summed E-state index contributed by atoms with van der Waals surface area (Å²) in [5.74, 6) is -0.687. The minimum Gasteiger partial charge on any atom is -0.464 e. The molecule has 0 aliphatic rings. The Morgan fingerprint density at radius 2 is 2.24 bits per heavy atom. The van der Waals surface area contributed by atoms with Crippen LogP contribution in [0.15, 0.2) is 41.0 Å². The smallest absolute Gasteiger partial charge is 0.341 e. The molecule has 0 spiro atoms. The van der Waals surface area contributed by atoms with E-state index in [1.54, 1.807) is 25.1 Å². The van der Waals surface area contributed by atoms with Crippen molar-refractivity contribution in [2.24, 2.45) is 0 Å². The summed E-state index contributed by atoms with van der Waals surface area (Å²) in [5, 5.41) is 0. The molecular weight excluding hydrogens is 223 g/mol. The fraction of sp³-hybridized carbons (Fsp3) is 0.154. The molecule has 0 aliphatic carbocycles. The fourth-order valence-electron chi connectivity index (χ4n) is 1.49. The molecule has 1 aromatic carbocycles. The van der Waals surface area contributed by atoms with Crippen LogP contribution in [-0.4, -0.2) is 12.6 Å². The lowest BCUT2D eigenvalue weighted by Gasteiger charge is -2.04. The van der Waals surface area contributed by atoms with Crippen molar-refractivity contribution < 1.29 is 18.3 Å². The standard InChI is InChI=1S/C13H11FO3/c1-2-16-13(15)10-8-9(5-6-11(10)14)12-4-3-7-17-12/h3-8H,2H2,1H3. The molecule has 0 N–H and O–H groups in total. The quantitative estimate of drug-likeness (QED) is 0.765. The largest absolute Gasteiger partial charge is 0.464 e. The van der Waals surface area contributed by atoms with Crippen LogP contribution in [0, 0.1) is 5.82 Å². The molecule has 0 fully saturated rings. The highest BCUT2D eigenvalue weighted by molar-refractivity contribution is 5.91. The summed E-state index contributed by atoms with van der Waals surface area (Å²) in [5.41, 5.74) is 0.556. The van der Waals surface area contributed by atoms with Crippen molar-refractivity contribution in [1.82, 2.24) is 0 Å². The van der Waals surface area contributed by atoms with Crippen molar-refractivity contribution in [2.75, 3.05) is 6.61 Å². The maximum absolute atomic E-state index is 13.5. The van der Waals surface area contributed by atoms with E-state index in [1.807, 2.05) is 0 Å². The zero-order valence-corrected chi connectivity index (χ0v) is 9.27. The van der Waals surface area contributed by atoms with Crippen LogP contribution < -0.4 is 0 Å². The van der Waals surface area contributed by atoms with Gasteiger partial charge in [0.2, 0.25) is 0 Å². The van der Waals surface area contributed by atoms with Gasteiger partial charge in [-0.25, -0.2) is 9.18 Å². The minimum atomic E-state index is -0.668. The number of halogens is 1. The average Bonchev–Trinajstić information content (AvgIpc) is 2.83. The van der Waals surface area contributed by atoms with Gasteiger partial charge in [0.25, 0.3) is 0 Å².